The van der Waals surface area contributed by atoms with Gasteiger partial charge in [-0.1, -0.05) is 0 Å². The summed E-state index contributed by atoms with van der Waals surface area (Å²) in [5.41, 5.74) is 0.755. The molecule has 112 valence electrons. The molecule has 1 aromatic carbocycles. The van der Waals surface area contributed by atoms with E-state index in [0.717, 1.165) is 16.7 Å². The Morgan fingerprint density at radius 3 is 2.86 bits per heavy atom. The van der Waals surface area contributed by atoms with E-state index < -0.39 is 10.0 Å². The smallest absolute Gasteiger partial charge is 0.240 e. The van der Waals surface area contributed by atoms with Crippen molar-refractivity contribution >= 4 is 26.7 Å². The lowest BCUT2D eigenvalue weighted by atomic mass is 10.2. The quantitative estimate of drug-likeness (QED) is 0.891. The molecule has 2 aromatic rings. The first-order chi connectivity index (χ1) is 10.1. The van der Waals surface area contributed by atoms with E-state index in [1.54, 1.807) is 25.2 Å². The molecule has 0 bridgehead atoms. The van der Waals surface area contributed by atoms with Gasteiger partial charge in [0, 0.05) is 25.1 Å². The lowest BCUT2D eigenvalue weighted by molar-refractivity contribution is 0.192. The molecule has 0 radical (unpaired) electrons. The van der Waals surface area contributed by atoms with Gasteiger partial charge in [-0.2, -0.15) is 0 Å². The number of nitrogens with one attached hydrogen (secondary N) is 2. The van der Waals surface area contributed by atoms with Crippen molar-refractivity contribution < 1.29 is 13.2 Å². The van der Waals surface area contributed by atoms with Crippen molar-refractivity contribution in [2.45, 2.75) is 17.4 Å². The third kappa shape index (κ3) is 2.99. The molecular weight excluding hydrogens is 290 g/mol. The van der Waals surface area contributed by atoms with E-state index in [1.807, 2.05) is 12.1 Å². The lowest BCUT2D eigenvalue weighted by Gasteiger charge is -2.12. The van der Waals surface area contributed by atoms with E-state index in [-0.39, 0.29) is 10.9 Å². The van der Waals surface area contributed by atoms with Crippen LogP contribution in [0, 0.1) is 0 Å². The highest BCUT2D eigenvalue weighted by Crippen LogP contribution is 2.20. The number of aromatic nitrogens is 1. The van der Waals surface area contributed by atoms with Crippen LogP contribution in [-0.2, 0) is 14.8 Å². The minimum atomic E-state index is -3.52. The van der Waals surface area contributed by atoms with Gasteiger partial charge in [-0.05, 0) is 36.8 Å². The molecule has 2 N–H and O–H groups in total. The average Bonchev–Trinajstić information content (AvgIpc) is 2.98. The van der Waals surface area contributed by atoms with Crippen LogP contribution in [0.15, 0.2) is 35.2 Å². The van der Waals surface area contributed by atoms with Crippen LogP contribution in [0.1, 0.15) is 6.42 Å². The van der Waals surface area contributed by atoms with E-state index in [9.17, 15) is 8.42 Å². The van der Waals surface area contributed by atoms with Gasteiger partial charge in [0.25, 0.3) is 0 Å². The molecule has 21 heavy (non-hydrogen) atoms. The molecule has 0 spiro atoms. The summed E-state index contributed by atoms with van der Waals surface area (Å²) in [5.74, 6) is 0.749. The summed E-state index contributed by atoms with van der Waals surface area (Å²) in [6.07, 6.45) is 0.708. The lowest BCUT2D eigenvalue weighted by Crippen LogP contribution is -2.34. The van der Waals surface area contributed by atoms with E-state index in [0.29, 0.717) is 19.6 Å². The van der Waals surface area contributed by atoms with Crippen molar-refractivity contribution in [3.63, 3.8) is 0 Å². The first-order valence-electron chi connectivity index (χ1n) is 6.77. The molecular formula is C14H17N3O3S. The van der Waals surface area contributed by atoms with Crippen molar-refractivity contribution in [3.8, 4) is 0 Å². The summed E-state index contributed by atoms with van der Waals surface area (Å²) >= 11 is 0. The van der Waals surface area contributed by atoms with E-state index in [2.05, 4.69) is 15.0 Å². The number of fused-ring (bicyclic) bond motifs is 1. The molecule has 0 saturated carbocycles. The predicted molar refractivity (Wildman–Crippen MR) is 80.8 cm³/mol. The second-order valence-corrected chi connectivity index (χ2v) is 6.70. The summed E-state index contributed by atoms with van der Waals surface area (Å²) < 4.78 is 32.6. The number of hydrogen-bond acceptors (Lipinski definition) is 5. The topological polar surface area (TPSA) is 80.3 Å². The maximum atomic E-state index is 12.4. The Morgan fingerprint density at radius 2 is 2.14 bits per heavy atom. The summed E-state index contributed by atoms with van der Waals surface area (Å²) in [5, 5.41) is 3.75. The zero-order valence-corrected chi connectivity index (χ0v) is 12.5. The molecule has 1 fully saturated rings. The highest BCUT2D eigenvalue weighted by Gasteiger charge is 2.23. The Kier molecular flexibility index (Phi) is 3.79. The Bertz CT molecular complexity index is 755. The van der Waals surface area contributed by atoms with E-state index >= 15 is 0 Å². The number of benzene rings is 1. The second kappa shape index (κ2) is 5.59. The molecule has 1 atom stereocenters. The Hall–Kier alpha value is -1.70. The molecule has 0 amide bonds. The van der Waals surface area contributed by atoms with Gasteiger partial charge in [0.1, 0.15) is 5.82 Å². The van der Waals surface area contributed by atoms with Crippen LogP contribution in [0.4, 0.5) is 5.82 Å². The van der Waals surface area contributed by atoms with Crippen LogP contribution in [0.3, 0.4) is 0 Å². The molecule has 1 aromatic heterocycles. The number of hydrogen-bond donors (Lipinski definition) is 2. The molecule has 1 aliphatic heterocycles. The maximum Gasteiger partial charge on any atom is 0.240 e. The minimum Gasteiger partial charge on any atom is -0.380 e. The Morgan fingerprint density at radius 1 is 1.29 bits per heavy atom. The van der Waals surface area contributed by atoms with Crippen LogP contribution in [0.5, 0.6) is 0 Å². The average molecular weight is 307 g/mol. The molecule has 0 aliphatic carbocycles. The van der Waals surface area contributed by atoms with E-state index in [4.69, 9.17) is 4.74 Å². The van der Waals surface area contributed by atoms with Gasteiger partial charge in [0.15, 0.2) is 0 Å². The van der Waals surface area contributed by atoms with Crippen LogP contribution in [-0.4, -0.2) is 39.7 Å². The van der Waals surface area contributed by atoms with Gasteiger partial charge in [-0.25, -0.2) is 18.1 Å². The number of sulfonamides is 1. The maximum absolute atomic E-state index is 12.4. The largest absolute Gasteiger partial charge is 0.380 e. The van der Waals surface area contributed by atoms with Crippen molar-refractivity contribution in [3.05, 3.63) is 30.3 Å². The first kappa shape index (κ1) is 14.2. The van der Waals surface area contributed by atoms with Crippen molar-refractivity contribution in [1.82, 2.24) is 9.71 Å². The fourth-order valence-corrected chi connectivity index (χ4v) is 3.62. The van der Waals surface area contributed by atoms with E-state index in [1.165, 1.54) is 0 Å². The summed E-state index contributed by atoms with van der Waals surface area (Å²) in [4.78, 5) is 4.62. The highest BCUT2D eigenvalue weighted by atomic mass is 32.2. The zero-order valence-electron chi connectivity index (χ0n) is 11.7. The van der Waals surface area contributed by atoms with Crippen molar-refractivity contribution in [1.29, 1.82) is 0 Å². The summed E-state index contributed by atoms with van der Waals surface area (Å²) in [7, 11) is -1.73. The molecule has 1 unspecified atom stereocenters. The third-order valence-electron chi connectivity index (χ3n) is 3.48. The SMILES string of the molecule is CNc1ccc2cc(S(=O)(=O)NC3CCOC3)ccc2n1. The minimum absolute atomic E-state index is 0.143. The number of anilines is 1. The second-order valence-electron chi connectivity index (χ2n) is 4.98. The fourth-order valence-electron chi connectivity index (χ4n) is 2.32. The number of nitrogens with zero attached hydrogens (tertiary/aromatic N) is 1. The van der Waals surface area contributed by atoms with Crippen LogP contribution >= 0.6 is 0 Å². The van der Waals surface area contributed by atoms with Gasteiger partial charge < -0.3 is 10.1 Å². The number of rotatable bonds is 4. The molecule has 6 nitrogen and oxygen atoms in total. The van der Waals surface area contributed by atoms with Gasteiger partial charge in [0.2, 0.25) is 10.0 Å². The van der Waals surface area contributed by atoms with Crippen molar-refractivity contribution in [2.75, 3.05) is 25.6 Å². The highest BCUT2D eigenvalue weighted by molar-refractivity contribution is 7.89. The predicted octanol–water partition coefficient (Wildman–Crippen LogP) is 1.34. The molecule has 1 saturated heterocycles. The molecule has 7 heteroatoms. The zero-order chi connectivity index (χ0) is 14.9. The monoisotopic (exact) mass is 307 g/mol. The third-order valence-corrected chi connectivity index (χ3v) is 5.00. The van der Waals surface area contributed by atoms with Gasteiger partial charge >= 0.3 is 0 Å². The van der Waals surface area contributed by atoms with Gasteiger partial charge in [-0.15, -0.1) is 0 Å². The van der Waals surface area contributed by atoms with Crippen molar-refractivity contribution in [2.24, 2.45) is 0 Å². The molecule has 2 heterocycles. The fraction of sp³-hybridized carbons (Fsp3) is 0.357. The number of ether oxygens (including phenoxy) is 1. The van der Waals surface area contributed by atoms with Crippen LogP contribution in [0.25, 0.3) is 10.9 Å². The van der Waals surface area contributed by atoms with Gasteiger partial charge in [-0.3, -0.25) is 0 Å². The Labute approximate surface area is 123 Å². The first-order valence-corrected chi connectivity index (χ1v) is 8.25. The summed E-state index contributed by atoms with van der Waals surface area (Å²) in [6.45, 7) is 1.03. The standard InChI is InChI=1S/C14H17N3O3S/c1-15-14-5-2-10-8-12(3-4-13(10)16-14)21(18,19)17-11-6-7-20-9-11/h2-5,8,11,17H,6-7,9H2,1H3,(H,15,16). The van der Waals surface area contributed by atoms with Crippen LogP contribution in [0.2, 0.25) is 0 Å². The normalized spacial score (nSPS) is 19.0. The molecule has 3 rings (SSSR count). The molecule has 1 aliphatic rings. The van der Waals surface area contributed by atoms with Crippen LogP contribution < -0.4 is 10.0 Å². The van der Waals surface area contributed by atoms with Gasteiger partial charge in [0.05, 0.1) is 17.0 Å². The number of pyridine rings is 1. The summed E-state index contributed by atoms with van der Waals surface area (Å²) in [6, 6.07) is 8.46. The Balaban J connectivity index is 1.92.